The van der Waals surface area contributed by atoms with E-state index in [2.05, 4.69) is 23.3 Å². The van der Waals surface area contributed by atoms with Gasteiger partial charge in [-0.2, -0.15) is 0 Å². The van der Waals surface area contributed by atoms with E-state index in [1.807, 2.05) is 45.3 Å². The molecule has 0 spiro atoms. The average Bonchev–Trinajstić information content (AvgIpc) is 2.61. The van der Waals surface area contributed by atoms with Crippen LogP contribution in [-0.2, 0) is 11.2 Å². The minimum absolute atomic E-state index is 0.155. The Morgan fingerprint density at radius 2 is 1.93 bits per heavy atom. The molecule has 146 valence electrons. The normalized spacial score (nSPS) is 20.3. The second-order valence-electron chi connectivity index (χ2n) is 8.24. The quantitative estimate of drug-likeness (QED) is 0.822. The number of carbonyl (C=O) groups is 1. The topological polar surface area (TPSA) is 60.5 Å². The molecule has 0 aliphatic heterocycles. The number of aromatic nitrogens is 1. The van der Waals surface area contributed by atoms with Gasteiger partial charge in [-0.05, 0) is 64.5 Å². The molecule has 1 aliphatic carbocycles. The molecular formula is C22H30N2O3. The van der Waals surface area contributed by atoms with Crippen molar-refractivity contribution in [2.75, 3.05) is 0 Å². The summed E-state index contributed by atoms with van der Waals surface area (Å²) in [6.45, 7) is 7.77. The highest BCUT2D eigenvalue weighted by Gasteiger charge is 2.26. The summed E-state index contributed by atoms with van der Waals surface area (Å²) in [4.78, 5) is 16.3. The highest BCUT2D eigenvalue weighted by Crippen LogP contribution is 2.32. The molecule has 2 aromatic rings. The first-order valence-corrected chi connectivity index (χ1v) is 9.87. The summed E-state index contributed by atoms with van der Waals surface area (Å²) in [5, 5.41) is 5.27. The fourth-order valence-corrected chi connectivity index (χ4v) is 3.62. The Kier molecular flexibility index (Phi) is 5.88. The van der Waals surface area contributed by atoms with Crippen molar-refractivity contribution < 1.29 is 14.3 Å². The first kappa shape index (κ1) is 19.5. The van der Waals surface area contributed by atoms with Crippen molar-refractivity contribution >= 4 is 16.9 Å². The van der Waals surface area contributed by atoms with Crippen molar-refractivity contribution in [3.05, 3.63) is 36.2 Å². The van der Waals surface area contributed by atoms with Crippen LogP contribution in [0.2, 0.25) is 0 Å². The van der Waals surface area contributed by atoms with Gasteiger partial charge in [-0.3, -0.25) is 4.98 Å². The standard InChI is InChI=1S/C22H30N2O3/c1-5-15-13-23-14-16-7-6-8-19(20(15)16)26-18-11-9-17(10-12-18)24-21(25)27-22(2,3)4/h6-8,13-14,17-18H,5,9-12H2,1-4H3,(H,24,25)/t17-,18-. The monoisotopic (exact) mass is 370 g/mol. The average molecular weight is 370 g/mol. The van der Waals surface area contributed by atoms with Gasteiger partial charge in [-0.25, -0.2) is 4.79 Å². The predicted octanol–water partition coefficient (Wildman–Crippen LogP) is 5.01. The van der Waals surface area contributed by atoms with Crippen LogP contribution in [0.15, 0.2) is 30.6 Å². The van der Waals surface area contributed by atoms with Crippen LogP contribution in [0.5, 0.6) is 5.75 Å². The van der Waals surface area contributed by atoms with Gasteiger partial charge in [0.25, 0.3) is 0 Å². The third-order valence-electron chi connectivity index (χ3n) is 4.89. The number of aryl methyl sites for hydroxylation is 1. The summed E-state index contributed by atoms with van der Waals surface area (Å²) in [6.07, 6.45) is 8.23. The molecule has 0 bridgehead atoms. The third kappa shape index (κ3) is 5.12. The largest absolute Gasteiger partial charge is 0.490 e. The minimum atomic E-state index is -0.468. The first-order valence-electron chi connectivity index (χ1n) is 9.87. The SMILES string of the molecule is CCc1cncc2cccc(O[C@H]3CC[C@H](NC(=O)OC(C)(C)C)CC3)c12. The molecule has 1 N–H and O–H groups in total. The Morgan fingerprint density at radius 1 is 1.19 bits per heavy atom. The Morgan fingerprint density at radius 3 is 2.59 bits per heavy atom. The van der Waals surface area contributed by atoms with Gasteiger partial charge >= 0.3 is 6.09 Å². The lowest BCUT2D eigenvalue weighted by molar-refractivity contribution is 0.0471. The molecule has 0 saturated heterocycles. The van der Waals surface area contributed by atoms with E-state index in [1.54, 1.807) is 0 Å². The molecule has 1 aromatic heterocycles. The van der Waals surface area contributed by atoms with E-state index in [1.165, 1.54) is 10.9 Å². The van der Waals surface area contributed by atoms with E-state index in [0.29, 0.717) is 0 Å². The Labute approximate surface area is 161 Å². The van der Waals surface area contributed by atoms with Gasteiger partial charge in [0.05, 0.1) is 6.10 Å². The van der Waals surface area contributed by atoms with E-state index in [4.69, 9.17) is 9.47 Å². The smallest absolute Gasteiger partial charge is 0.407 e. The number of pyridine rings is 1. The molecule has 1 aromatic carbocycles. The lowest BCUT2D eigenvalue weighted by atomic mass is 9.93. The highest BCUT2D eigenvalue weighted by atomic mass is 16.6. The molecule has 1 fully saturated rings. The van der Waals surface area contributed by atoms with Crippen molar-refractivity contribution in [3.63, 3.8) is 0 Å². The number of fused-ring (bicyclic) bond motifs is 1. The van der Waals surface area contributed by atoms with Crippen LogP contribution in [0.3, 0.4) is 0 Å². The molecule has 27 heavy (non-hydrogen) atoms. The van der Waals surface area contributed by atoms with Gasteiger partial charge in [0.15, 0.2) is 0 Å². The van der Waals surface area contributed by atoms with Crippen molar-refractivity contribution in [2.24, 2.45) is 0 Å². The summed E-state index contributed by atoms with van der Waals surface area (Å²) in [5.74, 6) is 0.940. The molecule has 0 radical (unpaired) electrons. The molecule has 5 nitrogen and oxygen atoms in total. The number of nitrogens with one attached hydrogen (secondary N) is 1. The third-order valence-corrected chi connectivity index (χ3v) is 4.89. The van der Waals surface area contributed by atoms with Crippen LogP contribution in [0.1, 0.15) is 58.9 Å². The summed E-state index contributed by atoms with van der Waals surface area (Å²) < 4.78 is 11.7. The van der Waals surface area contributed by atoms with E-state index in [9.17, 15) is 4.79 Å². The lowest BCUT2D eigenvalue weighted by Gasteiger charge is -2.30. The van der Waals surface area contributed by atoms with E-state index >= 15 is 0 Å². The number of rotatable bonds is 4. The number of hydrogen-bond acceptors (Lipinski definition) is 4. The maximum atomic E-state index is 11.9. The van der Waals surface area contributed by atoms with Crippen molar-refractivity contribution in [2.45, 2.75) is 77.5 Å². The highest BCUT2D eigenvalue weighted by molar-refractivity contribution is 5.90. The van der Waals surface area contributed by atoms with Crippen molar-refractivity contribution in [1.82, 2.24) is 10.3 Å². The Hall–Kier alpha value is -2.30. The second-order valence-corrected chi connectivity index (χ2v) is 8.24. The molecule has 0 unspecified atom stereocenters. The molecule has 1 aliphatic rings. The zero-order chi connectivity index (χ0) is 19.4. The first-order chi connectivity index (χ1) is 12.9. The summed E-state index contributed by atoms with van der Waals surface area (Å²) in [6, 6.07) is 6.31. The number of alkyl carbamates (subject to hydrolysis) is 1. The van der Waals surface area contributed by atoms with Gasteiger partial charge in [0.1, 0.15) is 11.4 Å². The number of carbonyl (C=O) groups excluding carboxylic acids is 1. The van der Waals surface area contributed by atoms with Crippen LogP contribution >= 0.6 is 0 Å². The molecule has 5 heteroatoms. The van der Waals surface area contributed by atoms with Crippen molar-refractivity contribution in [1.29, 1.82) is 0 Å². The number of hydrogen-bond donors (Lipinski definition) is 1. The molecule has 1 heterocycles. The van der Waals surface area contributed by atoms with Crippen LogP contribution in [0, 0.1) is 0 Å². The van der Waals surface area contributed by atoms with Gasteiger partial charge < -0.3 is 14.8 Å². The maximum Gasteiger partial charge on any atom is 0.407 e. The molecule has 1 amide bonds. The van der Waals surface area contributed by atoms with E-state index < -0.39 is 5.60 Å². The number of amides is 1. The van der Waals surface area contributed by atoms with Crippen LogP contribution in [0.25, 0.3) is 10.8 Å². The van der Waals surface area contributed by atoms with Gasteiger partial charge in [-0.1, -0.05) is 19.1 Å². The summed E-state index contributed by atoms with van der Waals surface area (Å²) >= 11 is 0. The van der Waals surface area contributed by atoms with Crippen LogP contribution in [-0.4, -0.2) is 28.8 Å². The number of ether oxygens (including phenoxy) is 2. The second kappa shape index (κ2) is 8.15. The van der Waals surface area contributed by atoms with Crippen molar-refractivity contribution in [3.8, 4) is 5.75 Å². The lowest BCUT2D eigenvalue weighted by Crippen LogP contribution is -2.42. The zero-order valence-corrected chi connectivity index (χ0v) is 16.7. The summed E-state index contributed by atoms with van der Waals surface area (Å²) in [7, 11) is 0. The van der Waals surface area contributed by atoms with Crippen LogP contribution in [0.4, 0.5) is 4.79 Å². The molecule has 1 saturated carbocycles. The van der Waals surface area contributed by atoms with Crippen LogP contribution < -0.4 is 10.1 Å². The zero-order valence-electron chi connectivity index (χ0n) is 16.7. The minimum Gasteiger partial charge on any atom is -0.490 e. The fraction of sp³-hybridized carbons (Fsp3) is 0.545. The fourth-order valence-electron chi connectivity index (χ4n) is 3.62. The van der Waals surface area contributed by atoms with Gasteiger partial charge in [0.2, 0.25) is 0 Å². The Balaban J connectivity index is 1.60. The van der Waals surface area contributed by atoms with E-state index in [-0.39, 0.29) is 18.2 Å². The van der Waals surface area contributed by atoms with E-state index in [0.717, 1.165) is 43.2 Å². The number of nitrogens with zero attached hydrogens (tertiary/aromatic N) is 1. The summed E-state index contributed by atoms with van der Waals surface area (Å²) in [5.41, 5.74) is 0.744. The maximum absolute atomic E-state index is 11.9. The molecule has 3 rings (SSSR count). The number of benzene rings is 1. The van der Waals surface area contributed by atoms with Gasteiger partial charge in [0, 0.05) is 29.2 Å². The van der Waals surface area contributed by atoms with Gasteiger partial charge in [-0.15, -0.1) is 0 Å². The molecular weight excluding hydrogens is 340 g/mol. The molecule has 0 atom stereocenters. The predicted molar refractivity (Wildman–Crippen MR) is 107 cm³/mol. The Bertz CT molecular complexity index is 784.